The molecule has 0 aromatic heterocycles. The summed E-state index contributed by atoms with van der Waals surface area (Å²) in [4.78, 5) is 3.46. The molecule has 1 nitrogen and oxygen atoms in total. The molecule has 0 aliphatic carbocycles. The number of alkyl halides is 3. The fraction of sp³-hybridized carbons (Fsp3) is 0.125. The summed E-state index contributed by atoms with van der Waals surface area (Å²) in [5, 5.41) is 1.55. The van der Waals surface area contributed by atoms with Gasteiger partial charge in [0.25, 0.3) is 0 Å². The SMILES string of the molecule is FC(F)(F)c1cc(Cl)c(N=C=S)c(Cl)c1. The first kappa shape index (κ1) is 12.5. The Morgan fingerprint density at radius 3 is 2.00 bits per heavy atom. The Balaban J connectivity index is 3.38. The van der Waals surface area contributed by atoms with Crippen LogP contribution in [0.1, 0.15) is 5.56 Å². The lowest BCUT2D eigenvalue weighted by Crippen LogP contribution is -2.04. The van der Waals surface area contributed by atoms with Gasteiger partial charge in [-0.05, 0) is 24.4 Å². The number of hydrogen-bond donors (Lipinski definition) is 0. The van der Waals surface area contributed by atoms with Crippen molar-refractivity contribution in [1.29, 1.82) is 0 Å². The van der Waals surface area contributed by atoms with Gasteiger partial charge in [-0.1, -0.05) is 23.2 Å². The van der Waals surface area contributed by atoms with Crippen molar-refractivity contribution in [3.8, 4) is 0 Å². The predicted molar refractivity (Wildman–Crippen MR) is 56.2 cm³/mol. The maximum Gasteiger partial charge on any atom is 0.416 e. The Morgan fingerprint density at radius 1 is 1.20 bits per heavy atom. The van der Waals surface area contributed by atoms with Crippen molar-refractivity contribution in [2.45, 2.75) is 6.18 Å². The minimum absolute atomic E-state index is 0.0127. The van der Waals surface area contributed by atoms with E-state index in [0.29, 0.717) is 0 Å². The monoisotopic (exact) mass is 271 g/mol. The molecule has 0 N–H and O–H groups in total. The van der Waals surface area contributed by atoms with Crippen LogP contribution in [0.2, 0.25) is 10.0 Å². The average molecular weight is 272 g/mol. The second kappa shape index (κ2) is 4.49. The molecule has 80 valence electrons. The van der Waals surface area contributed by atoms with Crippen LogP contribution in [0.4, 0.5) is 18.9 Å². The zero-order valence-corrected chi connectivity index (χ0v) is 9.23. The van der Waals surface area contributed by atoms with E-state index < -0.39 is 11.7 Å². The van der Waals surface area contributed by atoms with Crippen LogP contribution >= 0.6 is 35.4 Å². The first-order valence-electron chi connectivity index (χ1n) is 3.50. The molecular formula is C8H2Cl2F3NS. The van der Waals surface area contributed by atoms with Crippen molar-refractivity contribution in [3.05, 3.63) is 27.7 Å². The third kappa shape index (κ3) is 2.92. The normalized spacial score (nSPS) is 11.0. The van der Waals surface area contributed by atoms with Gasteiger partial charge in [-0.25, -0.2) is 0 Å². The first-order chi connectivity index (χ1) is 6.86. The number of aliphatic imine (C=N–C) groups is 1. The molecule has 0 saturated heterocycles. The molecule has 0 atom stereocenters. The number of benzene rings is 1. The first-order valence-corrected chi connectivity index (χ1v) is 4.67. The molecule has 0 saturated carbocycles. The Labute approximate surface area is 98.5 Å². The Bertz CT molecular complexity index is 415. The molecule has 1 aromatic rings. The molecule has 0 amide bonds. The molecule has 1 rings (SSSR count). The summed E-state index contributed by atoms with van der Waals surface area (Å²) in [5.41, 5.74) is -0.942. The molecule has 1 aromatic carbocycles. The standard InChI is InChI=1S/C8H2Cl2F3NS/c9-5-1-4(8(11,12)13)2-6(10)7(5)14-3-15/h1-2H. The zero-order chi connectivity index (χ0) is 11.6. The van der Waals surface area contributed by atoms with E-state index in [1.165, 1.54) is 0 Å². The van der Waals surface area contributed by atoms with Gasteiger partial charge in [-0.2, -0.15) is 18.2 Å². The van der Waals surface area contributed by atoms with Crippen LogP contribution in [-0.4, -0.2) is 5.16 Å². The number of nitrogens with zero attached hydrogens (tertiary/aromatic N) is 1. The van der Waals surface area contributed by atoms with E-state index in [1.807, 2.05) is 5.16 Å². The molecule has 0 bridgehead atoms. The number of halogens is 5. The van der Waals surface area contributed by atoms with E-state index in [2.05, 4.69) is 17.2 Å². The van der Waals surface area contributed by atoms with Gasteiger partial charge in [-0.3, -0.25) is 0 Å². The highest BCUT2D eigenvalue weighted by molar-refractivity contribution is 7.78. The van der Waals surface area contributed by atoms with Gasteiger partial charge < -0.3 is 0 Å². The van der Waals surface area contributed by atoms with Crippen LogP contribution < -0.4 is 0 Å². The number of isothiocyanates is 1. The molecule has 7 heteroatoms. The predicted octanol–water partition coefficient (Wildman–Crippen LogP) is 4.75. The van der Waals surface area contributed by atoms with Crippen LogP contribution in [0.5, 0.6) is 0 Å². The second-order valence-electron chi connectivity index (χ2n) is 2.49. The van der Waals surface area contributed by atoms with Crippen LogP contribution in [0.15, 0.2) is 17.1 Å². The number of rotatable bonds is 1. The lowest BCUT2D eigenvalue weighted by Gasteiger charge is -2.08. The van der Waals surface area contributed by atoms with Gasteiger partial charge in [0.15, 0.2) is 0 Å². The fourth-order valence-electron chi connectivity index (χ4n) is 0.882. The second-order valence-corrected chi connectivity index (χ2v) is 3.49. The summed E-state index contributed by atoms with van der Waals surface area (Å²) in [6, 6.07) is 1.47. The van der Waals surface area contributed by atoms with E-state index >= 15 is 0 Å². The van der Waals surface area contributed by atoms with Gasteiger partial charge in [0.05, 0.1) is 20.8 Å². The minimum Gasteiger partial charge on any atom is -0.192 e. The summed E-state index contributed by atoms with van der Waals surface area (Å²) in [7, 11) is 0. The maximum absolute atomic E-state index is 12.3. The topological polar surface area (TPSA) is 12.4 Å². The molecule has 0 aliphatic rings. The highest BCUT2D eigenvalue weighted by Gasteiger charge is 2.31. The molecule has 0 fully saturated rings. The van der Waals surface area contributed by atoms with Gasteiger partial charge in [0, 0.05) is 0 Å². The largest absolute Gasteiger partial charge is 0.416 e. The molecule has 0 spiro atoms. The molecule has 0 radical (unpaired) electrons. The number of thiocarbonyl (C=S) groups is 1. The van der Waals surface area contributed by atoms with Crippen LogP contribution in [0.3, 0.4) is 0 Å². The molecular weight excluding hydrogens is 270 g/mol. The van der Waals surface area contributed by atoms with Crippen LogP contribution in [0.25, 0.3) is 0 Å². The molecule has 15 heavy (non-hydrogen) atoms. The summed E-state index contributed by atoms with van der Waals surface area (Å²) in [6.45, 7) is 0. The third-order valence-corrected chi connectivity index (χ3v) is 2.17. The van der Waals surface area contributed by atoms with Crippen LogP contribution in [0, 0.1) is 0 Å². The van der Waals surface area contributed by atoms with Crippen molar-refractivity contribution >= 4 is 46.3 Å². The highest BCUT2D eigenvalue weighted by atomic mass is 35.5. The molecule has 0 heterocycles. The fourth-order valence-corrected chi connectivity index (χ4v) is 1.54. The Kier molecular flexibility index (Phi) is 3.73. The van der Waals surface area contributed by atoms with E-state index in [1.54, 1.807) is 0 Å². The van der Waals surface area contributed by atoms with Crippen molar-refractivity contribution in [2.75, 3.05) is 0 Å². The lowest BCUT2D eigenvalue weighted by atomic mass is 10.2. The molecule has 0 aliphatic heterocycles. The van der Waals surface area contributed by atoms with Crippen LogP contribution in [-0.2, 0) is 6.18 Å². The van der Waals surface area contributed by atoms with Crippen molar-refractivity contribution in [2.24, 2.45) is 4.99 Å². The summed E-state index contributed by atoms with van der Waals surface area (Å²) in [6.07, 6.45) is -4.49. The quantitative estimate of drug-likeness (QED) is 0.531. The molecule has 0 unspecified atom stereocenters. The summed E-state index contributed by atoms with van der Waals surface area (Å²) < 4.78 is 36.8. The minimum atomic E-state index is -4.49. The van der Waals surface area contributed by atoms with E-state index in [9.17, 15) is 13.2 Å². The zero-order valence-electron chi connectivity index (χ0n) is 6.90. The van der Waals surface area contributed by atoms with Crippen molar-refractivity contribution in [1.82, 2.24) is 0 Å². The van der Waals surface area contributed by atoms with E-state index in [-0.39, 0.29) is 15.7 Å². The summed E-state index contributed by atoms with van der Waals surface area (Å²) in [5.74, 6) is 0. The van der Waals surface area contributed by atoms with E-state index in [0.717, 1.165) is 12.1 Å². The van der Waals surface area contributed by atoms with Gasteiger partial charge >= 0.3 is 6.18 Å². The number of hydrogen-bond acceptors (Lipinski definition) is 2. The van der Waals surface area contributed by atoms with Gasteiger partial charge in [-0.15, -0.1) is 0 Å². The van der Waals surface area contributed by atoms with Crippen molar-refractivity contribution < 1.29 is 13.2 Å². The Morgan fingerprint density at radius 2 is 1.67 bits per heavy atom. The average Bonchev–Trinajstić information content (AvgIpc) is 2.09. The van der Waals surface area contributed by atoms with Crippen molar-refractivity contribution in [3.63, 3.8) is 0 Å². The smallest absolute Gasteiger partial charge is 0.192 e. The Hall–Kier alpha value is -0.610. The van der Waals surface area contributed by atoms with Gasteiger partial charge in [0.1, 0.15) is 5.69 Å². The van der Waals surface area contributed by atoms with Gasteiger partial charge in [0.2, 0.25) is 0 Å². The summed E-state index contributed by atoms with van der Waals surface area (Å²) >= 11 is 15.4. The lowest BCUT2D eigenvalue weighted by molar-refractivity contribution is -0.137. The third-order valence-electron chi connectivity index (χ3n) is 1.50. The maximum atomic E-state index is 12.3. The van der Waals surface area contributed by atoms with E-state index in [4.69, 9.17) is 23.2 Å². The highest BCUT2D eigenvalue weighted by Crippen LogP contribution is 2.39.